The van der Waals surface area contributed by atoms with Crippen LogP contribution in [0.15, 0.2) is 43.5 Å². The molecule has 1 spiro atoms. The Hall–Kier alpha value is -2.58. The van der Waals surface area contributed by atoms with E-state index in [1.807, 2.05) is 32.0 Å². The lowest BCUT2D eigenvalue weighted by molar-refractivity contribution is -0.154. The summed E-state index contributed by atoms with van der Waals surface area (Å²) in [5.41, 5.74) is 2.73. The number of esters is 1. The topological polar surface area (TPSA) is 87.2 Å². The average molecular weight is 527 g/mol. The van der Waals surface area contributed by atoms with E-state index >= 15 is 0 Å². The van der Waals surface area contributed by atoms with Gasteiger partial charge in [0.05, 0.1) is 35.8 Å². The summed E-state index contributed by atoms with van der Waals surface area (Å²) in [6.45, 7) is 13.6. The number of allylic oxidation sites excluding steroid dienone is 1. The maximum absolute atomic E-state index is 14.5. The lowest BCUT2D eigenvalue weighted by Gasteiger charge is -2.39. The van der Waals surface area contributed by atoms with E-state index in [2.05, 4.69) is 13.2 Å². The fourth-order valence-electron chi connectivity index (χ4n) is 6.50. The number of fused-ring (bicyclic) bond motifs is 1. The first kappa shape index (κ1) is 27.5. The minimum Gasteiger partial charge on any atom is -0.465 e. The van der Waals surface area contributed by atoms with Crippen LogP contribution in [0.5, 0.6) is 0 Å². The smallest absolute Gasteiger partial charge is 0.310 e. The van der Waals surface area contributed by atoms with E-state index in [1.54, 1.807) is 40.6 Å². The maximum atomic E-state index is 14.5. The molecule has 3 fully saturated rings. The maximum Gasteiger partial charge on any atom is 0.310 e. The number of hydrogen-bond acceptors (Lipinski definition) is 6. The van der Waals surface area contributed by atoms with Gasteiger partial charge in [-0.15, -0.1) is 24.9 Å². The van der Waals surface area contributed by atoms with Crippen molar-refractivity contribution in [3.8, 4) is 0 Å². The van der Waals surface area contributed by atoms with Gasteiger partial charge < -0.3 is 19.6 Å². The molecule has 0 aliphatic carbocycles. The number of aliphatic hydroxyl groups excluding tert-OH is 1. The van der Waals surface area contributed by atoms with Crippen molar-refractivity contribution in [1.82, 2.24) is 4.90 Å². The Balaban J connectivity index is 1.74. The number of ether oxygens (including phenoxy) is 1. The molecule has 200 valence electrons. The zero-order valence-electron chi connectivity index (χ0n) is 22.0. The number of hydrogen-bond donors (Lipinski definition) is 1. The van der Waals surface area contributed by atoms with Crippen molar-refractivity contribution in [2.75, 3.05) is 24.7 Å². The Bertz CT molecular complexity index is 1070. The van der Waals surface area contributed by atoms with Gasteiger partial charge in [0.15, 0.2) is 0 Å². The molecule has 6 atom stereocenters. The third-order valence-electron chi connectivity index (χ3n) is 8.07. The van der Waals surface area contributed by atoms with Gasteiger partial charge in [0.1, 0.15) is 6.04 Å². The normalized spacial score (nSPS) is 28.6. The number of para-hydroxylation sites is 1. The molecular weight excluding hydrogens is 488 g/mol. The number of aryl methyl sites for hydroxylation is 2. The number of carbonyl (C=O) groups excluding carboxylic acids is 3. The number of aliphatic hydroxyl groups is 1. The summed E-state index contributed by atoms with van der Waals surface area (Å²) in [4.78, 5) is 45.1. The van der Waals surface area contributed by atoms with Gasteiger partial charge in [-0.3, -0.25) is 14.4 Å². The number of likely N-dealkylation sites (tertiary alicyclic amines) is 1. The molecule has 3 saturated heterocycles. The van der Waals surface area contributed by atoms with Crippen LogP contribution in [-0.2, 0) is 19.1 Å². The molecule has 1 aromatic rings. The number of benzene rings is 1. The first-order valence-corrected chi connectivity index (χ1v) is 14.0. The standard InChI is InChI=1S/C29H38N2O5S/c1-6-8-9-16-36-28(35)22-21-13-14-29(37-21)23(22)26(33)31(20(5)17-32)25(29)27(34)30(15-7-2)24-18(3)11-10-12-19(24)4/h6-7,10-12,20-23,25,32H,1-2,8-9,13-17H2,3-5H3/t20-,21+,22-,23+,25?,29?/m1/s1. The van der Waals surface area contributed by atoms with Crippen LogP contribution in [0.25, 0.3) is 0 Å². The highest BCUT2D eigenvalue weighted by Gasteiger charge is 2.74. The molecule has 4 rings (SSSR count). The Morgan fingerprint density at radius 1 is 1.30 bits per heavy atom. The summed E-state index contributed by atoms with van der Waals surface area (Å²) in [6.07, 6.45) is 6.32. The second-order valence-electron chi connectivity index (χ2n) is 10.4. The molecule has 2 unspecified atom stereocenters. The number of rotatable bonds is 11. The largest absolute Gasteiger partial charge is 0.465 e. The van der Waals surface area contributed by atoms with E-state index in [1.165, 1.54) is 0 Å². The van der Waals surface area contributed by atoms with Crippen LogP contribution in [0.2, 0.25) is 0 Å². The number of nitrogens with zero attached hydrogens (tertiary/aromatic N) is 2. The first-order valence-electron chi connectivity index (χ1n) is 13.1. The van der Waals surface area contributed by atoms with Gasteiger partial charge >= 0.3 is 5.97 Å². The summed E-state index contributed by atoms with van der Waals surface area (Å²) in [7, 11) is 0. The second kappa shape index (κ2) is 11.0. The summed E-state index contributed by atoms with van der Waals surface area (Å²) >= 11 is 1.61. The van der Waals surface area contributed by atoms with E-state index in [0.717, 1.165) is 29.7 Å². The van der Waals surface area contributed by atoms with Crippen LogP contribution in [0.3, 0.4) is 0 Å². The molecule has 0 aromatic heterocycles. The summed E-state index contributed by atoms with van der Waals surface area (Å²) in [6, 6.07) is 4.54. The van der Waals surface area contributed by atoms with Crippen molar-refractivity contribution in [3.63, 3.8) is 0 Å². The molecule has 2 amide bonds. The van der Waals surface area contributed by atoms with Crippen molar-refractivity contribution in [3.05, 3.63) is 54.6 Å². The zero-order chi connectivity index (χ0) is 26.9. The fourth-order valence-corrected chi connectivity index (χ4v) is 8.68. The molecule has 37 heavy (non-hydrogen) atoms. The van der Waals surface area contributed by atoms with Gasteiger partial charge in [0, 0.05) is 17.5 Å². The molecule has 3 heterocycles. The Morgan fingerprint density at radius 2 is 2.00 bits per heavy atom. The third-order valence-corrected chi connectivity index (χ3v) is 10.0. The van der Waals surface area contributed by atoms with Gasteiger partial charge in [-0.25, -0.2) is 0 Å². The third kappa shape index (κ3) is 4.52. The van der Waals surface area contributed by atoms with E-state index < -0.39 is 28.7 Å². The lowest BCUT2D eigenvalue weighted by atomic mass is 9.71. The molecule has 1 aromatic carbocycles. The lowest BCUT2D eigenvalue weighted by Crippen LogP contribution is -2.57. The highest BCUT2D eigenvalue weighted by atomic mass is 32.2. The van der Waals surface area contributed by atoms with Gasteiger partial charge in [0.25, 0.3) is 5.91 Å². The molecule has 2 bridgehead atoms. The molecule has 7 nitrogen and oxygen atoms in total. The highest BCUT2D eigenvalue weighted by molar-refractivity contribution is 8.02. The summed E-state index contributed by atoms with van der Waals surface area (Å²) in [5.74, 6) is -2.02. The Labute approximate surface area is 223 Å². The van der Waals surface area contributed by atoms with Crippen LogP contribution in [0.1, 0.15) is 43.7 Å². The Kier molecular flexibility index (Phi) is 8.19. The van der Waals surface area contributed by atoms with Crippen LogP contribution >= 0.6 is 11.8 Å². The summed E-state index contributed by atoms with van der Waals surface area (Å²) < 4.78 is 4.88. The minimum atomic E-state index is -0.792. The number of unbranched alkanes of at least 4 members (excludes halogenated alkanes) is 1. The molecule has 3 aliphatic heterocycles. The number of thioether (sulfide) groups is 1. The van der Waals surface area contributed by atoms with Crippen molar-refractivity contribution in [2.45, 2.75) is 68.5 Å². The molecule has 0 radical (unpaired) electrons. The number of amides is 2. The first-order chi connectivity index (χ1) is 17.7. The van der Waals surface area contributed by atoms with Crippen LogP contribution in [-0.4, -0.2) is 69.6 Å². The Morgan fingerprint density at radius 3 is 2.62 bits per heavy atom. The van der Waals surface area contributed by atoms with Gasteiger partial charge in [0.2, 0.25) is 5.91 Å². The molecule has 3 aliphatic rings. The van der Waals surface area contributed by atoms with E-state index in [4.69, 9.17) is 4.74 Å². The van der Waals surface area contributed by atoms with E-state index in [-0.39, 0.29) is 36.2 Å². The molecule has 0 saturated carbocycles. The SMILES string of the molecule is C=CCCCOC(=O)[C@@H]1[C@@H]2CCC3(S2)C(C(=O)N(CC=C)c2c(C)cccc2C)N([C@H](C)CO)C(=O)[C@H]13. The van der Waals surface area contributed by atoms with Crippen molar-refractivity contribution >= 4 is 35.2 Å². The number of carbonyl (C=O) groups is 3. The summed E-state index contributed by atoms with van der Waals surface area (Å²) in [5, 5.41) is 10.0. The van der Waals surface area contributed by atoms with Crippen molar-refractivity contribution in [1.29, 1.82) is 0 Å². The van der Waals surface area contributed by atoms with Crippen molar-refractivity contribution in [2.24, 2.45) is 11.8 Å². The highest BCUT2D eigenvalue weighted by Crippen LogP contribution is 2.67. The predicted octanol–water partition coefficient (Wildman–Crippen LogP) is 3.80. The second-order valence-corrected chi connectivity index (χ2v) is 12.0. The van der Waals surface area contributed by atoms with Gasteiger partial charge in [-0.1, -0.05) is 30.4 Å². The zero-order valence-corrected chi connectivity index (χ0v) is 22.8. The van der Waals surface area contributed by atoms with E-state index in [0.29, 0.717) is 19.4 Å². The molecule has 8 heteroatoms. The van der Waals surface area contributed by atoms with E-state index in [9.17, 15) is 19.5 Å². The van der Waals surface area contributed by atoms with Crippen LogP contribution in [0.4, 0.5) is 5.69 Å². The predicted molar refractivity (Wildman–Crippen MR) is 146 cm³/mol. The van der Waals surface area contributed by atoms with Crippen LogP contribution < -0.4 is 4.90 Å². The molecule has 1 N–H and O–H groups in total. The van der Waals surface area contributed by atoms with Crippen molar-refractivity contribution < 1.29 is 24.2 Å². The minimum absolute atomic E-state index is 0.0595. The van der Waals surface area contributed by atoms with Gasteiger partial charge in [-0.05, 0) is 57.6 Å². The number of anilines is 1. The fraction of sp³-hybridized carbons (Fsp3) is 0.552. The van der Waals surface area contributed by atoms with Crippen LogP contribution in [0, 0.1) is 25.7 Å². The monoisotopic (exact) mass is 526 g/mol. The quantitative estimate of drug-likeness (QED) is 0.268. The molecular formula is C29H38N2O5S. The van der Waals surface area contributed by atoms with Gasteiger partial charge in [-0.2, -0.15) is 0 Å². The average Bonchev–Trinajstić information content (AvgIpc) is 3.52.